The molecule has 0 fully saturated rings. The van der Waals surface area contributed by atoms with Crippen LogP contribution in [-0.4, -0.2) is 13.2 Å². The molecule has 3 N–H and O–H groups in total. The summed E-state index contributed by atoms with van der Waals surface area (Å²) < 4.78 is 31.0. The van der Waals surface area contributed by atoms with E-state index in [1.807, 2.05) is 6.92 Å². The van der Waals surface area contributed by atoms with Crippen molar-refractivity contribution in [3.63, 3.8) is 0 Å². The standard InChI is InChI=1S/C11H16F2N2O/c1-2-5-16-7-11(15-14)8-3-4-9(12)10(13)6-8/h3-4,6,11,15H,2,5,7,14H2,1H3. The molecule has 90 valence electrons. The van der Waals surface area contributed by atoms with E-state index in [0.29, 0.717) is 18.8 Å². The van der Waals surface area contributed by atoms with Gasteiger partial charge in [-0.1, -0.05) is 13.0 Å². The van der Waals surface area contributed by atoms with Crippen molar-refractivity contribution in [2.24, 2.45) is 5.84 Å². The van der Waals surface area contributed by atoms with Gasteiger partial charge < -0.3 is 4.74 Å². The molecule has 0 aliphatic heterocycles. The minimum Gasteiger partial charge on any atom is -0.379 e. The van der Waals surface area contributed by atoms with Gasteiger partial charge in [0.15, 0.2) is 11.6 Å². The lowest BCUT2D eigenvalue weighted by atomic mass is 10.1. The highest BCUT2D eigenvalue weighted by Gasteiger charge is 2.12. The van der Waals surface area contributed by atoms with E-state index in [1.165, 1.54) is 6.07 Å². The topological polar surface area (TPSA) is 47.3 Å². The van der Waals surface area contributed by atoms with Crippen LogP contribution in [0.2, 0.25) is 0 Å². The van der Waals surface area contributed by atoms with Gasteiger partial charge >= 0.3 is 0 Å². The monoisotopic (exact) mass is 230 g/mol. The third-order valence-electron chi connectivity index (χ3n) is 2.18. The van der Waals surface area contributed by atoms with E-state index in [1.54, 1.807) is 0 Å². The molecule has 3 nitrogen and oxygen atoms in total. The average molecular weight is 230 g/mol. The Morgan fingerprint density at radius 2 is 2.12 bits per heavy atom. The maximum atomic E-state index is 13.0. The molecule has 0 aliphatic carbocycles. The molecule has 16 heavy (non-hydrogen) atoms. The van der Waals surface area contributed by atoms with E-state index in [-0.39, 0.29) is 6.04 Å². The van der Waals surface area contributed by atoms with E-state index in [2.05, 4.69) is 5.43 Å². The molecular formula is C11H16F2N2O. The van der Waals surface area contributed by atoms with E-state index in [9.17, 15) is 8.78 Å². The van der Waals surface area contributed by atoms with Gasteiger partial charge in [0, 0.05) is 6.61 Å². The first-order chi connectivity index (χ1) is 7.69. The molecule has 0 aromatic heterocycles. The van der Waals surface area contributed by atoms with Crippen molar-refractivity contribution in [3.05, 3.63) is 35.4 Å². The molecule has 0 saturated heterocycles. The average Bonchev–Trinajstić information content (AvgIpc) is 2.29. The Morgan fingerprint density at radius 3 is 2.69 bits per heavy atom. The minimum absolute atomic E-state index is 0.329. The summed E-state index contributed by atoms with van der Waals surface area (Å²) in [5.74, 6) is 3.58. The number of hydrogen-bond acceptors (Lipinski definition) is 3. The Labute approximate surface area is 93.6 Å². The van der Waals surface area contributed by atoms with Crippen LogP contribution in [0.3, 0.4) is 0 Å². The summed E-state index contributed by atoms with van der Waals surface area (Å²) in [7, 11) is 0. The fraction of sp³-hybridized carbons (Fsp3) is 0.455. The first-order valence-electron chi connectivity index (χ1n) is 5.17. The van der Waals surface area contributed by atoms with Crippen LogP contribution in [-0.2, 0) is 4.74 Å². The molecule has 0 heterocycles. The van der Waals surface area contributed by atoms with Crippen LogP contribution in [0.1, 0.15) is 24.9 Å². The summed E-state index contributed by atoms with van der Waals surface area (Å²) in [5.41, 5.74) is 3.08. The Kier molecular flexibility index (Phi) is 5.31. The zero-order chi connectivity index (χ0) is 12.0. The number of nitrogens with one attached hydrogen (secondary N) is 1. The van der Waals surface area contributed by atoms with Crippen LogP contribution in [0.15, 0.2) is 18.2 Å². The molecule has 0 aliphatic rings. The van der Waals surface area contributed by atoms with Crippen LogP contribution in [0.4, 0.5) is 8.78 Å². The quantitative estimate of drug-likeness (QED) is 0.446. The maximum absolute atomic E-state index is 13.0. The normalized spacial score (nSPS) is 12.8. The number of rotatable bonds is 6. The molecule has 0 radical (unpaired) electrons. The van der Waals surface area contributed by atoms with Crippen LogP contribution in [0.5, 0.6) is 0 Å². The first-order valence-corrected chi connectivity index (χ1v) is 5.17. The number of hydrazine groups is 1. The number of benzene rings is 1. The molecule has 1 aromatic rings. The SMILES string of the molecule is CCCOCC(NN)c1ccc(F)c(F)c1. The number of hydrogen-bond donors (Lipinski definition) is 2. The van der Waals surface area contributed by atoms with Gasteiger partial charge in [0.25, 0.3) is 0 Å². The smallest absolute Gasteiger partial charge is 0.159 e. The Hall–Kier alpha value is -1.04. The third-order valence-corrected chi connectivity index (χ3v) is 2.18. The molecule has 1 aromatic carbocycles. The summed E-state index contributed by atoms with van der Waals surface area (Å²) in [6, 6.07) is 3.35. The Bertz CT molecular complexity index is 334. The second-order valence-corrected chi connectivity index (χ2v) is 3.47. The zero-order valence-electron chi connectivity index (χ0n) is 9.17. The second-order valence-electron chi connectivity index (χ2n) is 3.47. The molecular weight excluding hydrogens is 214 g/mol. The molecule has 1 unspecified atom stereocenters. The Morgan fingerprint density at radius 1 is 1.38 bits per heavy atom. The van der Waals surface area contributed by atoms with Crippen molar-refractivity contribution in [3.8, 4) is 0 Å². The van der Waals surface area contributed by atoms with E-state index >= 15 is 0 Å². The van der Waals surface area contributed by atoms with Crippen LogP contribution in [0, 0.1) is 11.6 Å². The predicted molar refractivity (Wildman–Crippen MR) is 57.5 cm³/mol. The number of halogens is 2. The first kappa shape index (κ1) is 13.0. The maximum Gasteiger partial charge on any atom is 0.159 e. The van der Waals surface area contributed by atoms with Crippen molar-refractivity contribution < 1.29 is 13.5 Å². The van der Waals surface area contributed by atoms with E-state index in [0.717, 1.165) is 18.6 Å². The van der Waals surface area contributed by atoms with Gasteiger partial charge in [-0.3, -0.25) is 11.3 Å². The van der Waals surface area contributed by atoms with Crippen molar-refractivity contribution in [2.45, 2.75) is 19.4 Å². The van der Waals surface area contributed by atoms with Crippen molar-refractivity contribution in [1.82, 2.24) is 5.43 Å². The highest BCUT2D eigenvalue weighted by Crippen LogP contribution is 2.16. The van der Waals surface area contributed by atoms with Crippen molar-refractivity contribution in [2.75, 3.05) is 13.2 Å². The summed E-state index contributed by atoms with van der Waals surface area (Å²) >= 11 is 0. The van der Waals surface area contributed by atoms with E-state index in [4.69, 9.17) is 10.6 Å². The largest absolute Gasteiger partial charge is 0.379 e. The highest BCUT2D eigenvalue weighted by atomic mass is 19.2. The van der Waals surface area contributed by atoms with Gasteiger partial charge in [-0.15, -0.1) is 0 Å². The molecule has 0 bridgehead atoms. The van der Waals surface area contributed by atoms with Crippen molar-refractivity contribution in [1.29, 1.82) is 0 Å². The lowest BCUT2D eigenvalue weighted by Crippen LogP contribution is -2.31. The number of nitrogens with two attached hydrogens (primary N) is 1. The predicted octanol–water partition coefficient (Wildman–Crippen LogP) is 1.90. The number of ether oxygens (including phenoxy) is 1. The van der Waals surface area contributed by atoms with E-state index < -0.39 is 11.6 Å². The fourth-order valence-electron chi connectivity index (χ4n) is 1.32. The van der Waals surface area contributed by atoms with Gasteiger partial charge in [-0.25, -0.2) is 8.78 Å². The molecule has 0 spiro atoms. The summed E-state index contributed by atoms with van der Waals surface area (Å²) in [6.07, 6.45) is 0.898. The van der Waals surface area contributed by atoms with Gasteiger partial charge in [0.05, 0.1) is 12.6 Å². The lowest BCUT2D eigenvalue weighted by Gasteiger charge is -2.16. The lowest BCUT2D eigenvalue weighted by molar-refractivity contribution is 0.112. The van der Waals surface area contributed by atoms with Gasteiger partial charge in [0.2, 0.25) is 0 Å². The van der Waals surface area contributed by atoms with Gasteiger partial charge in [0.1, 0.15) is 0 Å². The fourth-order valence-corrected chi connectivity index (χ4v) is 1.32. The second kappa shape index (κ2) is 6.52. The molecule has 1 rings (SSSR count). The van der Waals surface area contributed by atoms with Crippen molar-refractivity contribution >= 4 is 0 Å². The summed E-state index contributed by atoms with van der Waals surface area (Å²) in [4.78, 5) is 0. The zero-order valence-corrected chi connectivity index (χ0v) is 9.17. The summed E-state index contributed by atoms with van der Waals surface area (Å²) in [6.45, 7) is 2.93. The third kappa shape index (κ3) is 3.52. The van der Waals surface area contributed by atoms with Crippen LogP contribution in [0.25, 0.3) is 0 Å². The highest BCUT2D eigenvalue weighted by molar-refractivity contribution is 5.21. The van der Waals surface area contributed by atoms with Crippen LogP contribution < -0.4 is 11.3 Å². The van der Waals surface area contributed by atoms with Gasteiger partial charge in [-0.2, -0.15) is 0 Å². The minimum atomic E-state index is -0.881. The molecule has 0 amide bonds. The Balaban J connectivity index is 2.67. The van der Waals surface area contributed by atoms with Crippen LogP contribution >= 0.6 is 0 Å². The molecule has 0 saturated carbocycles. The molecule has 5 heteroatoms. The van der Waals surface area contributed by atoms with Gasteiger partial charge in [-0.05, 0) is 24.1 Å². The molecule has 1 atom stereocenters. The summed E-state index contributed by atoms with van der Waals surface area (Å²) in [5, 5.41) is 0.